The number of amides is 1. The summed E-state index contributed by atoms with van der Waals surface area (Å²) in [6, 6.07) is 0. The second kappa shape index (κ2) is 8.52. The molecule has 0 aromatic rings. The van der Waals surface area contributed by atoms with Crippen LogP contribution in [0.4, 0.5) is 4.79 Å². The third-order valence-electron chi connectivity index (χ3n) is 5.15. The van der Waals surface area contributed by atoms with Crippen LogP contribution in [0.1, 0.15) is 47.5 Å². The highest BCUT2D eigenvalue weighted by Gasteiger charge is 2.33. The van der Waals surface area contributed by atoms with Gasteiger partial charge in [-0.15, -0.1) is 0 Å². The molecule has 0 saturated carbocycles. The van der Waals surface area contributed by atoms with E-state index in [4.69, 9.17) is 9.47 Å². The molecule has 0 bridgehead atoms. The predicted octanol–water partition coefficient (Wildman–Crippen LogP) is 3.24. The summed E-state index contributed by atoms with van der Waals surface area (Å²) in [4.78, 5) is 16.7. The average Bonchev–Trinajstić information content (AvgIpc) is 2.93. The van der Waals surface area contributed by atoms with Crippen molar-refractivity contribution in [3.63, 3.8) is 0 Å². The van der Waals surface area contributed by atoms with Crippen LogP contribution in [0.3, 0.4) is 0 Å². The summed E-state index contributed by atoms with van der Waals surface area (Å²) in [5.41, 5.74) is -0.414. The Kier molecular flexibility index (Phi) is 6.93. The van der Waals surface area contributed by atoms with Crippen LogP contribution in [0, 0.1) is 17.8 Å². The molecule has 3 atom stereocenters. The molecule has 2 saturated heterocycles. The smallest absolute Gasteiger partial charge is 0.410 e. The monoisotopic (exact) mass is 340 g/mol. The van der Waals surface area contributed by atoms with Crippen LogP contribution in [0.25, 0.3) is 0 Å². The van der Waals surface area contributed by atoms with Gasteiger partial charge in [-0.05, 0) is 64.8 Å². The molecule has 0 aromatic carbocycles. The Bertz CT molecular complexity index is 408. The van der Waals surface area contributed by atoms with Gasteiger partial charge in [0.15, 0.2) is 0 Å². The third-order valence-corrected chi connectivity index (χ3v) is 5.15. The second-order valence-corrected chi connectivity index (χ2v) is 8.53. The van der Waals surface area contributed by atoms with Crippen LogP contribution in [-0.4, -0.2) is 67.4 Å². The van der Waals surface area contributed by atoms with E-state index in [2.05, 4.69) is 18.7 Å². The maximum Gasteiger partial charge on any atom is 0.410 e. The zero-order chi connectivity index (χ0) is 17.7. The normalized spacial score (nSPS) is 29.0. The molecular weight excluding hydrogens is 304 g/mol. The summed E-state index contributed by atoms with van der Waals surface area (Å²) < 4.78 is 11.1. The van der Waals surface area contributed by atoms with Crippen LogP contribution in [0.15, 0.2) is 0 Å². The summed E-state index contributed by atoms with van der Waals surface area (Å²) in [6.07, 6.45) is 2.17. The molecule has 2 aliphatic heterocycles. The van der Waals surface area contributed by atoms with Crippen molar-refractivity contribution in [2.75, 3.05) is 45.9 Å². The van der Waals surface area contributed by atoms with Crippen LogP contribution < -0.4 is 0 Å². The highest BCUT2D eigenvalue weighted by molar-refractivity contribution is 5.68. The lowest BCUT2D eigenvalue weighted by atomic mass is 9.86. The first-order valence-corrected chi connectivity index (χ1v) is 9.56. The molecule has 2 aliphatic rings. The zero-order valence-corrected chi connectivity index (χ0v) is 16.2. The van der Waals surface area contributed by atoms with Crippen molar-refractivity contribution in [3.05, 3.63) is 0 Å². The van der Waals surface area contributed by atoms with Crippen molar-refractivity contribution < 1.29 is 14.3 Å². The highest BCUT2D eigenvalue weighted by Crippen LogP contribution is 2.27. The van der Waals surface area contributed by atoms with Crippen LogP contribution in [0.2, 0.25) is 0 Å². The van der Waals surface area contributed by atoms with E-state index in [1.165, 1.54) is 19.5 Å². The molecular formula is C19H36N2O3. The molecule has 24 heavy (non-hydrogen) atoms. The Morgan fingerprint density at radius 3 is 2.54 bits per heavy atom. The van der Waals surface area contributed by atoms with Gasteiger partial charge >= 0.3 is 6.09 Å². The maximum atomic E-state index is 12.2. The summed E-state index contributed by atoms with van der Waals surface area (Å²) in [5.74, 6) is 1.90. The van der Waals surface area contributed by atoms with Gasteiger partial charge in [0.05, 0.1) is 6.61 Å². The van der Waals surface area contributed by atoms with E-state index in [1.807, 2.05) is 25.7 Å². The van der Waals surface area contributed by atoms with E-state index < -0.39 is 5.60 Å². The lowest BCUT2D eigenvalue weighted by Gasteiger charge is -2.39. The molecule has 3 unspecified atom stereocenters. The number of piperidine rings is 1. The fourth-order valence-corrected chi connectivity index (χ4v) is 3.79. The molecule has 0 spiro atoms. The predicted molar refractivity (Wildman–Crippen MR) is 96.1 cm³/mol. The van der Waals surface area contributed by atoms with Gasteiger partial charge in [0, 0.05) is 32.8 Å². The van der Waals surface area contributed by atoms with Gasteiger partial charge in [0.25, 0.3) is 0 Å². The van der Waals surface area contributed by atoms with E-state index in [0.717, 1.165) is 39.3 Å². The summed E-state index contributed by atoms with van der Waals surface area (Å²) >= 11 is 0. The average molecular weight is 341 g/mol. The number of likely N-dealkylation sites (tertiary alicyclic amines) is 2. The van der Waals surface area contributed by atoms with Gasteiger partial charge in [-0.2, -0.15) is 0 Å². The number of carbonyl (C=O) groups is 1. The number of ether oxygens (including phenoxy) is 2. The minimum atomic E-state index is -0.414. The van der Waals surface area contributed by atoms with Gasteiger partial charge in [0.1, 0.15) is 5.60 Å². The van der Waals surface area contributed by atoms with E-state index >= 15 is 0 Å². The summed E-state index contributed by atoms with van der Waals surface area (Å²) in [6.45, 7) is 17.0. The van der Waals surface area contributed by atoms with Crippen LogP contribution in [-0.2, 0) is 9.47 Å². The highest BCUT2D eigenvalue weighted by atomic mass is 16.6. The van der Waals surface area contributed by atoms with Crippen molar-refractivity contribution in [2.24, 2.45) is 17.8 Å². The van der Waals surface area contributed by atoms with Gasteiger partial charge in [-0.1, -0.05) is 6.92 Å². The molecule has 0 aromatic heterocycles. The number of rotatable bonds is 5. The SMILES string of the molecule is CCOCC1CCN(CC2CCN(C(=O)OC(C)(C)C)CC2C)C1. The minimum Gasteiger partial charge on any atom is -0.444 e. The topological polar surface area (TPSA) is 42.0 Å². The van der Waals surface area contributed by atoms with E-state index in [-0.39, 0.29) is 6.09 Å². The van der Waals surface area contributed by atoms with E-state index in [9.17, 15) is 4.79 Å². The molecule has 2 rings (SSSR count). The lowest BCUT2D eigenvalue weighted by molar-refractivity contribution is 0.00930. The van der Waals surface area contributed by atoms with Gasteiger partial charge in [-0.25, -0.2) is 4.79 Å². The summed E-state index contributed by atoms with van der Waals surface area (Å²) in [7, 11) is 0. The molecule has 0 N–H and O–H groups in total. The molecule has 2 heterocycles. The molecule has 0 aliphatic carbocycles. The van der Waals surface area contributed by atoms with Crippen molar-refractivity contribution in [1.82, 2.24) is 9.80 Å². The number of carbonyl (C=O) groups excluding carboxylic acids is 1. The first-order chi connectivity index (χ1) is 11.3. The van der Waals surface area contributed by atoms with Crippen molar-refractivity contribution >= 4 is 6.09 Å². The van der Waals surface area contributed by atoms with Crippen molar-refractivity contribution in [3.8, 4) is 0 Å². The largest absolute Gasteiger partial charge is 0.444 e. The van der Waals surface area contributed by atoms with Crippen molar-refractivity contribution in [1.29, 1.82) is 0 Å². The fourth-order valence-electron chi connectivity index (χ4n) is 3.79. The van der Waals surface area contributed by atoms with E-state index in [0.29, 0.717) is 17.8 Å². The number of nitrogens with zero attached hydrogens (tertiary/aromatic N) is 2. The van der Waals surface area contributed by atoms with Crippen LogP contribution >= 0.6 is 0 Å². The third kappa shape index (κ3) is 5.92. The Morgan fingerprint density at radius 2 is 1.92 bits per heavy atom. The van der Waals surface area contributed by atoms with E-state index in [1.54, 1.807) is 0 Å². The molecule has 1 amide bonds. The van der Waals surface area contributed by atoms with Gasteiger partial charge in [0.2, 0.25) is 0 Å². The first kappa shape index (κ1) is 19.5. The Morgan fingerprint density at radius 1 is 1.17 bits per heavy atom. The molecule has 0 radical (unpaired) electrons. The number of hydrogen-bond donors (Lipinski definition) is 0. The zero-order valence-electron chi connectivity index (χ0n) is 16.2. The lowest BCUT2D eigenvalue weighted by Crippen LogP contribution is -2.47. The second-order valence-electron chi connectivity index (χ2n) is 8.53. The quantitative estimate of drug-likeness (QED) is 0.770. The Balaban J connectivity index is 1.75. The Labute approximate surface area is 147 Å². The Hall–Kier alpha value is -0.810. The molecule has 5 heteroatoms. The minimum absolute atomic E-state index is 0.161. The van der Waals surface area contributed by atoms with Crippen LogP contribution in [0.5, 0.6) is 0 Å². The molecule has 5 nitrogen and oxygen atoms in total. The standard InChI is InChI=1S/C19H36N2O3/c1-6-23-14-16-7-9-20(12-16)13-17-8-10-21(11-15(17)2)18(22)24-19(3,4)5/h15-17H,6-14H2,1-5H3. The van der Waals surface area contributed by atoms with Gasteiger partial charge in [-0.3, -0.25) is 0 Å². The molecule has 140 valence electrons. The first-order valence-electron chi connectivity index (χ1n) is 9.56. The fraction of sp³-hybridized carbons (Fsp3) is 0.947. The number of hydrogen-bond acceptors (Lipinski definition) is 4. The maximum absolute atomic E-state index is 12.2. The summed E-state index contributed by atoms with van der Waals surface area (Å²) in [5, 5.41) is 0. The van der Waals surface area contributed by atoms with Crippen molar-refractivity contribution in [2.45, 2.75) is 53.1 Å². The van der Waals surface area contributed by atoms with Gasteiger partial charge < -0.3 is 19.3 Å². The molecule has 2 fully saturated rings.